The number of ether oxygens (including phenoxy) is 1. The van der Waals surface area contributed by atoms with E-state index < -0.39 is 29.7 Å². The molecule has 2 aromatic carbocycles. The Morgan fingerprint density at radius 3 is 2.68 bits per heavy atom. The molecule has 1 atom stereocenters. The number of amides is 3. The summed E-state index contributed by atoms with van der Waals surface area (Å²) in [5.41, 5.74) is 1.59. The summed E-state index contributed by atoms with van der Waals surface area (Å²) in [6.07, 6.45) is 1.75. The van der Waals surface area contributed by atoms with Crippen LogP contribution in [0.3, 0.4) is 0 Å². The van der Waals surface area contributed by atoms with E-state index in [0.717, 1.165) is 0 Å². The van der Waals surface area contributed by atoms with Crippen LogP contribution in [0.1, 0.15) is 32.0 Å². The number of halogens is 1. The van der Waals surface area contributed by atoms with Gasteiger partial charge in [-0.25, -0.2) is 4.79 Å². The van der Waals surface area contributed by atoms with Gasteiger partial charge in [0, 0.05) is 37.0 Å². The maximum absolute atomic E-state index is 13.7. The number of carbonyl (C=O) groups excluding carboxylic acids is 3. The summed E-state index contributed by atoms with van der Waals surface area (Å²) in [5.74, 6) is -2.61. The minimum Gasteiger partial charge on any atom is -0.478 e. The Balaban J connectivity index is 1.74. The van der Waals surface area contributed by atoms with Gasteiger partial charge in [-0.15, -0.1) is 0 Å². The Bertz CT molecular complexity index is 1360. The summed E-state index contributed by atoms with van der Waals surface area (Å²) in [7, 11) is 1.34. The zero-order valence-electron chi connectivity index (χ0n) is 19.7. The number of rotatable bonds is 8. The van der Waals surface area contributed by atoms with Crippen LogP contribution >= 0.6 is 11.6 Å². The predicted octanol–water partition coefficient (Wildman–Crippen LogP) is 3.22. The van der Waals surface area contributed by atoms with Crippen LogP contribution in [0.2, 0.25) is 5.02 Å². The number of hydrogen-bond acceptors (Lipinski definition) is 6. The standard InChI is InChI=1S/C26H23ClN4O6/c1-37-14-23(32)29-20-10-15(5-7-19(20)26(35)36)13-31-22(12-17-4-2-3-9-28-17)24(33)30-21-11-16(27)6-8-18(21)25(31)34/h2-11,22H,12-14H2,1H3,(H,29,32)(H,30,33)(H,35,36)/t22-/m1/s1. The van der Waals surface area contributed by atoms with Crippen molar-refractivity contribution in [1.82, 2.24) is 9.88 Å². The number of carboxylic acid groups (broad SMARTS) is 1. The SMILES string of the molecule is COCC(=O)Nc1cc(CN2C(=O)c3ccc(Cl)cc3NC(=O)[C@H]2Cc2ccccn2)ccc1C(=O)O. The molecule has 2 heterocycles. The van der Waals surface area contributed by atoms with Crippen LogP contribution < -0.4 is 10.6 Å². The molecule has 37 heavy (non-hydrogen) atoms. The van der Waals surface area contributed by atoms with E-state index in [2.05, 4.69) is 15.6 Å². The second-order valence-electron chi connectivity index (χ2n) is 8.32. The molecule has 0 fully saturated rings. The van der Waals surface area contributed by atoms with Crippen molar-refractivity contribution in [3.05, 3.63) is 88.2 Å². The average Bonchev–Trinajstić information content (AvgIpc) is 2.94. The third-order valence-electron chi connectivity index (χ3n) is 5.76. The van der Waals surface area contributed by atoms with E-state index in [1.165, 1.54) is 36.3 Å². The summed E-state index contributed by atoms with van der Waals surface area (Å²) in [6.45, 7) is -0.307. The maximum atomic E-state index is 13.7. The predicted molar refractivity (Wildman–Crippen MR) is 136 cm³/mol. The molecule has 1 aromatic heterocycles. The molecule has 10 nitrogen and oxygen atoms in total. The second-order valence-corrected chi connectivity index (χ2v) is 8.76. The van der Waals surface area contributed by atoms with E-state index >= 15 is 0 Å². The van der Waals surface area contributed by atoms with Gasteiger partial charge in [0.2, 0.25) is 11.8 Å². The number of benzene rings is 2. The third-order valence-corrected chi connectivity index (χ3v) is 5.99. The first kappa shape index (κ1) is 25.8. The van der Waals surface area contributed by atoms with Crippen molar-refractivity contribution in [3.63, 3.8) is 0 Å². The Morgan fingerprint density at radius 2 is 1.97 bits per heavy atom. The Hall–Kier alpha value is -4.28. The Kier molecular flexibility index (Phi) is 7.80. The summed E-state index contributed by atoms with van der Waals surface area (Å²) in [4.78, 5) is 56.5. The number of aromatic carboxylic acids is 1. The van der Waals surface area contributed by atoms with E-state index in [4.69, 9.17) is 16.3 Å². The van der Waals surface area contributed by atoms with Crippen molar-refractivity contribution in [2.24, 2.45) is 0 Å². The van der Waals surface area contributed by atoms with Crippen LogP contribution in [0, 0.1) is 0 Å². The normalized spacial score (nSPS) is 15.0. The fraction of sp³-hybridized carbons (Fsp3) is 0.192. The quantitative estimate of drug-likeness (QED) is 0.413. The van der Waals surface area contributed by atoms with Crippen molar-refractivity contribution < 1.29 is 29.0 Å². The number of carbonyl (C=O) groups is 4. The number of nitrogens with one attached hydrogen (secondary N) is 2. The van der Waals surface area contributed by atoms with Crippen LogP contribution in [0.4, 0.5) is 11.4 Å². The van der Waals surface area contributed by atoms with Gasteiger partial charge < -0.3 is 25.4 Å². The van der Waals surface area contributed by atoms with E-state index in [1.54, 1.807) is 36.5 Å². The lowest BCUT2D eigenvalue weighted by molar-refractivity contribution is -0.121. The van der Waals surface area contributed by atoms with Crippen molar-refractivity contribution >= 4 is 46.7 Å². The van der Waals surface area contributed by atoms with Gasteiger partial charge in [0.1, 0.15) is 12.6 Å². The highest BCUT2D eigenvalue weighted by atomic mass is 35.5. The molecule has 0 saturated carbocycles. The molecule has 3 amide bonds. The number of anilines is 2. The lowest BCUT2D eigenvalue weighted by atomic mass is 10.0. The maximum Gasteiger partial charge on any atom is 0.337 e. The van der Waals surface area contributed by atoms with Gasteiger partial charge in [0.15, 0.2) is 0 Å². The molecular weight excluding hydrogens is 500 g/mol. The molecular formula is C26H23ClN4O6. The number of nitrogens with zero attached hydrogens (tertiary/aromatic N) is 2. The smallest absolute Gasteiger partial charge is 0.337 e. The summed E-state index contributed by atoms with van der Waals surface area (Å²) >= 11 is 6.10. The van der Waals surface area contributed by atoms with E-state index in [9.17, 15) is 24.3 Å². The molecule has 4 rings (SSSR count). The van der Waals surface area contributed by atoms with Gasteiger partial charge >= 0.3 is 5.97 Å². The van der Waals surface area contributed by atoms with Crippen LogP contribution in [-0.2, 0) is 27.3 Å². The lowest BCUT2D eigenvalue weighted by Gasteiger charge is -2.29. The second kappa shape index (κ2) is 11.2. The molecule has 0 radical (unpaired) electrons. The highest BCUT2D eigenvalue weighted by Crippen LogP contribution is 2.29. The average molecular weight is 523 g/mol. The number of fused-ring (bicyclic) bond motifs is 1. The van der Waals surface area contributed by atoms with Gasteiger partial charge in [-0.2, -0.15) is 0 Å². The van der Waals surface area contributed by atoms with Gasteiger partial charge in [-0.3, -0.25) is 19.4 Å². The monoisotopic (exact) mass is 522 g/mol. The minimum absolute atomic E-state index is 0.0428. The Labute approximate surface area is 217 Å². The first-order valence-electron chi connectivity index (χ1n) is 11.2. The minimum atomic E-state index is -1.23. The molecule has 3 N–H and O–H groups in total. The zero-order valence-corrected chi connectivity index (χ0v) is 20.5. The van der Waals surface area contributed by atoms with E-state index in [1.807, 2.05) is 0 Å². The van der Waals surface area contributed by atoms with Gasteiger partial charge in [0.05, 0.1) is 22.5 Å². The number of carboxylic acids is 1. The van der Waals surface area contributed by atoms with Crippen molar-refractivity contribution in [1.29, 1.82) is 0 Å². The fourth-order valence-electron chi connectivity index (χ4n) is 4.06. The summed E-state index contributed by atoms with van der Waals surface area (Å²) < 4.78 is 4.81. The summed E-state index contributed by atoms with van der Waals surface area (Å²) in [5, 5.41) is 15.2. The molecule has 0 bridgehead atoms. The van der Waals surface area contributed by atoms with Crippen molar-refractivity contribution in [2.45, 2.75) is 19.0 Å². The third kappa shape index (κ3) is 5.93. The van der Waals surface area contributed by atoms with E-state index in [0.29, 0.717) is 22.0 Å². The number of aromatic nitrogens is 1. The molecule has 11 heteroatoms. The van der Waals surface area contributed by atoms with Crippen LogP contribution in [-0.4, -0.2) is 58.4 Å². The highest BCUT2D eigenvalue weighted by Gasteiger charge is 2.36. The van der Waals surface area contributed by atoms with Gasteiger partial charge in [-0.05, 0) is 48.0 Å². The Morgan fingerprint density at radius 1 is 1.16 bits per heavy atom. The van der Waals surface area contributed by atoms with Crippen LogP contribution in [0.5, 0.6) is 0 Å². The number of hydrogen-bond donors (Lipinski definition) is 3. The molecule has 0 saturated heterocycles. The van der Waals surface area contributed by atoms with Crippen LogP contribution in [0.25, 0.3) is 0 Å². The molecule has 1 aliphatic heterocycles. The molecule has 0 aliphatic carbocycles. The van der Waals surface area contributed by atoms with Gasteiger partial charge in [-0.1, -0.05) is 23.7 Å². The lowest BCUT2D eigenvalue weighted by Crippen LogP contribution is -2.46. The van der Waals surface area contributed by atoms with Crippen molar-refractivity contribution in [2.75, 3.05) is 24.4 Å². The van der Waals surface area contributed by atoms with Crippen molar-refractivity contribution in [3.8, 4) is 0 Å². The molecule has 0 unspecified atom stereocenters. The largest absolute Gasteiger partial charge is 0.478 e. The fourth-order valence-corrected chi connectivity index (χ4v) is 4.23. The zero-order chi connectivity index (χ0) is 26.5. The highest BCUT2D eigenvalue weighted by molar-refractivity contribution is 6.31. The first-order valence-corrected chi connectivity index (χ1v) is 11.6. The molecule has 3 aromatic rings. The molecule has 0 spiro atoms. The van der Waals surface area contributed by atoms with Crippen LogP contribution in [0.15, 0.2) is 60.8 Å². The molecule has 1 aliphatic rings. The topological polar surface area (TPSA) is 138 Å². The molecule has 190 valence electrons. The van der Waals surface area contributed by atoms with E-state index in [-0.39, 0.29) is 36.4 Å². The van der Waals surface area contributed by atoms with Gasteiger partial charge in [0.25, 0.3) is 5.91 Å². The summed E-state index contributed by atoms with van der Waals surface area (Å²) in [6, 6.07) is 13.3. The first-order chi connectivity index (χ1) is 17.8. The number of methoxy groups -OCH3 is 1. The number of pyridine rings is 1.